The summed E-state index contributed by atoms with van der Waals surface area (Å²) in [7, 11) is 0. The van der Waals surface area contributed by atoms with Crippen LogP contribution in [0.1, 0.15) is 46.6 Å². The van der Waals surface area contributed by atoms with Crippen LogP contribution in [0.5, 0.6) is 5.75 Å². The minimum atomic E-state index is 0.127. The molecule has 20 heavy (non-hydrogen) atoms. The lowest BCUT2D eigenvalue weighted by atomic mass is 9.88. The highest BCUT2D eigenvalue weighted by Gasteiger charge is 2.10. The maximum Gasteiger partial charge on any atom is 0.121 e. The van der Waals surface area contributed by atoms with Gasteiger partial charge >= 0.3 is 0 Å². The first kappa shape index (κ1) is 16.5. The summed E-state index contributed by atoms with van der Waals surface area (Å²) in [6.07, 6.45) is 3.69. The average molecular weight is 277 g/mol. The predicted octanol–water partition coefficient (Wildman–Crippen LogP) is 4.45. The van der Waals surface area contributed by atoms with E-state index in [1.807, 2.05) is 26.0 Å². The molecule has 112 valence electrons. The van der Waals surface area contributed by atoms with Crippen molar-refractivity contribution in [2.24, 2.45) is 10.6 Å². The standard InChI is InChI=1S/C17H27NO2/c1-14(2)20-18-11-6-12-19-16-9-7-15(8-10-16)13-17(3,4)5/h7-11,14H,6,12-13H2,1-5H3/b18-11+. The number of nitrogens with zero attached hydrogens (tertiary/aromatic N) is 1. The van der Waals surface area contributed by atoms with E-state index in [1.54, 1.807) is 6.21 Å². The molecule has 0 unspecified atom stereocenters. The van der Waals surface area contributed by atoms with Gasteiger partial charge in [0.05, 0.1) is 6.61 Å². The third kappa shape index (κ3) is 7.82. The number of ether oxygens (including phenoxy) is 1. The van der Waals surface area contributed by atoms with E-state index in [9.17, 15) is 0 Å². The quantitative estimate of drug-likeness (QED) is 0.418. The van der Waals surface area contributed by atoms with Gasteiger partial charge in [-0.15, -0.1) is 0 Å². The van der Waals surface area contributed by atoms with E-state index in [2.05, 4.69) is 38.1 Å². The fourth-order valence-electron chi connectivity index (χ4n) is 1.76. The Labute approximate surface area is 123 Å². The molecule has 0 heterocycles. The zero-order valence-electron chi connectivity index (χ0n) is 13.3. The number of oxime groups is 1. The van der Waals surface area contributed by atoms with E-state index < -0.39 is 0 Å². The Morgan fingerprint density at radius 3 is 2.35 bits per heavy atom. The second kappa shape index (κ2) is 7.93. The monoisotopic (exact) mass is 277 g/mol. The summed E-state index contributed by atoms with van der Waals surface area (Å²) in [5.74, 6) is 0.904. The first-order chi connectivity index (χ1) is 9.37. The van der Waals surface area contributed by atoms with Crippen molar-refractivity contribution < 1.29 is 9.57 Å². The van der Waals surface area contributed by atoms with Crippen LogP contribution in [-0.4, -0.2) is 18.9 Å². The second-order valence-electron chi connectivity index (χ2n) is 6.46. The van der Waals surface area contributed by atoms with Gasteiger partial charge in [0.1, 0.15) is 11.9 Å². The van der Waals surface area contributed by atoms with Gasteiger partial charge in [0.25, 0.3) is 0 Å². The van der Waals surface area contributed by atoms with Crippen LogP contribution in [0.15, 0.2) is 29.4 Å². The highest BCUT2D eigenvalue weighted by molar-refractivity contribution is 5.56. The van der Waals surface area contributed by atoms with Gasteiger partial charge in [0.2, 0.25) is 0 Å². The van der Waals surface area contributed by atoms with Crippen molar-refractivity contribution >= 4 is 6.21 Å². The Balaban J connectivity index is 2.30. The Kier molecular flexibility index (Phi) is 6.56. The summed E-state index contributed by atoms with van der Waals surface area (Å²) in [6.45, 7) is 11.3. The van der Waals surface area contributed by atoms with Crippen LogP contribution in [-0.2, 0) is 11.3 Å². The molecular weight excluding hydrogens is 250 g/mol. The van der Waals surface area contributed by atoms with E-state index in [-0.39, 0.29) is 6.10 Å². The zero-order chi connectivity index (χ0) is 15.0. The van der Waals surface area contributed by atoms with Gasteiger partial charge in [-0.05, 0) is 43.4 Å². The summed E-state index contributed by atoms with van der Waals surface area (Å²) in [6, 6.07) is 8.33. The Hall–Kier alpha value is -1.51. The molecule has 0 aliphatic heterocycles. The maximum absolute atomic E-state index is 5.65. The Morgan fingerprint density at radius 2 is 1.80 bits per heavy atom. The third-order valence-electron chi connectivity index (χ3n) is 2.52. The number of benzene rings is 1. The van der Waals surface area contributed by atoms with E-state index >= 15 is 0 Å². The molecule has 1 aromatic carbocycles. The molecule has 3 heteroatoms. The summed E-state index contributed by atoms with van der Waals surface area (Å²) < 4.78 is 5.65. The van der Waals surface area contributed by atoms with Gasteiger partial charge in [0, 0.05) is 12.6 Å². The molecule has 0 bridgehead atoms. The van der Waals surface area contributed by atoms with Crippen LogP contribution in [0, 0.1) is 5.41 Å². The fourth-order valence-corrected chi connectivity index (χ4v) is 1.76. The van der Waals surface area contributed by atoms with Crippen molar-refractivity contribution in [2.75, 3.05) is 6.61 Å². The molecule has 1 rings (SSSR count). The van der Waals surface area contributed by atoms with E-state index in [0.717, 1.165) is 18.6 Å². The molecule has 0 atom stereocenters. The van der Waals surface area contributed by atoms with Crippen LogP contribution in [0.2, 0.25) is 0 Å². The average Bonchev–Trinajstić information content (AvgIpc) is 2.33. The minimum absolute atomic E-state index is 0.127. The van der Waals surface area contributed by atoms with Gasteiger partial charge in [-0.3, -0.25) is 0 Å². The maximum atomic E-state index is 5.65. The summed E-state index contributed by atoms with van der Waals surface area (Å²) in [5.41, 5.74) is 1.66. The van der Waals surface area contributed by atoms with Gasteiger partial charge < -0.3 is 9.57 Å². The molecule has 0 spiro atoms. The Bertz CT molecular complexity index is 402. The zero-order valence-corrected chi connectivity index (χ0v) is 13.3. The van der Waals surface area contributed by atoms with Gasteiger partial charge in [0.15, 0.2) is 0 Å². The molecule has 0 fully saturated rings. The van der Waals surface area contributed by atoms with Crippen molar-refractivity contribution in [1.82, 2.24) is 0 Å². The lowest BCUT2D eigenvalue weighted by Gasteiger charge is -2.18. The molecule has 0 radical (unpaired) electrons. The minimum Gasteiger partial charge on any atom is -0.493 e. The third-order valence-corrected chi connectivity index (χ3v) is 2.52. The molecule has 0 N–H and O–H groups in total. The smallest absolute Gasteiger partial charge is 0.121 e. The number of hydrogen-bond acceptors (Lipinski definition) is 3. The van der Waals surface area contributed by atoms with E-state index in [0.29, 0.717) is 12.0 Å². The molecule has 0 saturated carbocycles. The van der Waals surface area contributed by atoms with Gasteiger partial charge in [-0.2, -0.15) is 0 Å². The summed E-state index contributed by atoms with van der Waals surface area (Å²) >= 11 is 0. The second-order valence-corrected chi connectivity index (χ2v) is 6.46. The van der Waals surface area contributed by atoms with Crippen LogP contribution in [0.4, 0.5) is 0 Å². The molecular formula is C17H27NO2. The lowest BCUT2D eigenvalue weighted by Crippen LogP contribution is -2.08. The molecule has 0 aliphatic rings. The molecule has 0 aliphatic carbocycles. The largest absolute Gasteiger partial charge is 0.493 e. The highest BCUT2D eigenvalue weighted by atomic mass is 16.6. The van der Waals surface area contributed by atoms with Gasteiger partial charge in [-0.25, -0.2) is 0 Å². The number of hydrogen-bond donors (Lipinski definition) is 0. The van der Waals surface area contributed by atoms with Gasteiger partial charge in [-0.1, -0.05) is 38.1 Å². The Morgan fingerprint density at radius 1 is 1.15 bits per heavy atom. The first-order valence-electron chi connectivity index (χ1n) is 7.26. The normalized spacial score (nSPS) is 12.1. The molecule has 0 saturated heterocycles. The molecule has 1 aromatic rings. The lowest BCUT2D eigenvalue weighted by molar-refractivity contribution is 0.0866. The van der Waals surface area contributed by atoms with Crippen LogP contribution < -0.4 is 4.74 Å². The summed E-state index contributed by atoms with van der Waals surface area (Å²) in [4.78, 5) is 5.07. The predicted molar refractivity (Wildman–Crippen MR) is 84.4 cm³/mol. The van der Waals surface area contributed by atoms with Crippen molar-refractivity contribution in [3.8, 4) is 5.75 Å². The molecule has 0 aromatic heterocycles. The van der Waals surface area contributed by atoms with Crippen molar-refractivity contribution in [1.29, 1.82) is 0 Å². The van der Waals surface area contributed by atoms with Crippen molar-refractivity contribution in [2.45, 2.75) is 53.6 Å². The van der Waals surface area contributed by atoms with Crippen molar-refractivity contribution in [3.05, 3.63) is 29.8 Å². The fraction of sp³-hybridized carbons (Fsp3) is 0.588. The first-order valence-corrected chi connectivity index (χ1v) is 7.26. The molecule has 3 nitrogen and oxygen atoms in total. The topological polar surface area (TPSA) is 30.8 Å². The van der Waals surface area contributed by atoms with Crippen LogP contribution in [0.3, 0.4) is 0 Å². The van der Waals surface area contributed by atoms with E-state index in [4.69, 9.17) is 9.57 Å². The van der Waals surface area contributed by atoms with Crippen molar-refractivity contribution in [3.63, 3.8) is 0 Å². The van der Waals surface area contributed by atoms with E-state index in [1.165, 1.54) is 5.56 Å². The van der Waals surface area contributed by atoms with Crippen LogP contribution >= 0.6 is 0 Å². The summed E-state index contributed by atoms with van der Waals surface area (Å²) in [5, 5.41) is 3.85. The molecule has 0 amide bonds. The number of rotatable bonds is 7. The highest BCUT2D eigenvalue weighted by Crippen LogP contribution is 2.22. The van der Waals surface area contributed by atoms with Crippen LogP contribution in [0.25, 0.3) is 0 Å². The SMILES string of the molecule is CC(C)O/N=C/CCOc1ccc(CC(C)(C)C)cc1.